The SMILES string of the molecule is C=C1[C@@H](C2=CC(=O)OC2)CC[C@@]2(O)[C@@H]1CC1[C@H]2CC[C@@H]2C[C@@H](O[C@H]3O[C@@H](C)[C@@H](O[C@@H]4O[C@H](CO[C@@H]5O[C@H](CO)[C@@H](O)[C@H](O)[C@H]5O)[C@@H](O)[C@H](O)[C@H]4O)[C@H](OC)[C@H]3O)CC[C@]12C. The molecule has 0 aromatic heterocycles. The maximum atomic E-state index is 12.3. The molecule has 340 valence electrons. The molecule has 3 saturated heterocycles. The fraction of sp³-hybridized carbons (Fsp3) is 0.881. The van der Waals surface area contributed by atoms with Gasteiger partial charge < -0.3 is 83.9 Å². The van der Waals surface area contributed by atoms with Crippen molar-refractivity contribution in [2.45, 2.75) is 169 Å². The predicted octanol–water partition coefficient (Wildman–Crippen LogP) is -1.47. The van der Waals surface area contributed by atoms with E-state index in [4.69, 9.17) is 37.9 Å². The van der Waals surface area contributed by atoms with Crippen LogP contribution in [0.25, 0.3) is 0 Å². The number of aliphatic hydroxyl groups is 9. The standard InChI is InChI=1S/C42H64O18/c1-17-22(19-11-28(44)54-15-19)8-10-42(52)23-6-5-20-12-21(7-9-41(20,3)25(23)13-24(17)42)57-40-35(51)37(53-4)36(18(2)56-40)60-39-34(50)32(48)30(46)27(59-39)16-55-38-33(49)31(47)29(45)26(14-43)58-38/h11,18,20-27,29-40,43,45-52H,1,5-10,12-16H2,2-4H3/t18-,20+,21-,22-,23+,24+,25?,26+,27+,29+,30+,31-,32-,33+,34+,35+,36+,37+,38+,39-,40+,41-,42-/m0/s1. The number of carbonyl (C=O) groups is 1. The van der Waals surface area contributed by atoms with Gasteiger partial charge >= 0.3 is 5.97 Å². The summed E-state index contributed by atoms with van der Waals surface area (Å²) in [6.07, 6.45) is -13.3. The molecule has 7 fully saturated rings. The van der Waals surface area contributed by atoms with E-state index < -0.39 is 111 Å². The van der Waals surface area contributed by atoms with E-state index >= 15 is 0 Å². The van der Waals surface area contributed by atoms with E-state index in [2.05, 4.69) is 13.5 Å². The molecule has 0 radical (unpaired) electrons. The second-order valence-electron chi connectivity index (χ2n) is 18.8. The summed E-state index contributed by atoms with van der Waals surface area (Å²) in [7, 11) is 1.39. The van der Waals surface area contributed by atoms with E-state index in [0.29, 0.717) is 24.9 Å². The van der Waals surface area contributed by atoms with Gasteiger partial charge in [0.2, 0.25) is 0 Å². The Balaban J connectivity index is 0.874. The van der Waals surface area contributed by atoms with Crippen LogP contribution < -0.4 is 0 Å². The monoisotopic (exact) mass is 856 g/mol. The van der Waals surface area contributed by atoms with Gasteiger partial charge in [-0.3, -0.25) is 0 Å². The molecule has 0 amide bonds. The smallest absolute Gasteiger partial charge is 0.331 e. The lowest BCUT2D eigenvalue weighted by Crippen LogP contribution is -2.65. The van der Waals surface area contributed by atoms with E-state index in [0.717, 1.165) is 56.1 Å². The normalized spacial score (nSPS) is 53.2. The van der Waals surface area contributed by atoms with E-state index in [1.54, 1.807) is 13.0 Å². The summed E-state index contributed by atoms with van der Waals surface area (Å²) < 4.78 is 46.5. The third kappa shape index (κ3) is 7.73. The summed E-state index contributed by atoms with van der Waals surface area (Å²) >= 11 is 0. The summed E-state index contributed by atoms with van der Waals surface area (Å²) in [4.78, 5) is 11.9. The highest BCUT2D eigenvalue weighted by molar-refractivity contribution is 5.85. The quantitative estimate of drug-likeness (QED) is 0.0690. The van der Waals surface area contributed by atoms with Gasteiger partial charge in [0.1, 0.15) is 73.8 Å². The van der Waals surface area contributed by atoms with Crippen molar-refractivity contribution in [2.24, 2.45) is 35.0 Å². The molecule has 1 unspecified atom stereocenters. The first-order valence-electron chi connectivity index (χ1n) is 21.6. The van der Waals surface area contributed by atoms with Crippen molar-refractivity contribution in [1.29, 1.82) is 0 Å². The first-order valence-corrected chi connectivity index (χ1v) is 21.6. The molecule has 18 nitrogen and oxygen atoms in total. The van der Waals surface area contributed by atoms with Gasteiger partial charge in [-0.1, -0.05) is 19.1 Å². The first-order chi connectivity index (χ1) is 28.5. The van der Waals surface area contributed by atoms with Crippen molar-refractivity contribution in [3.63, 3.8) is 0 Å². The Kier molecular flexibility index (Phi) is 13.0. The van der Waals surface area contributed by atoms with Crippen LogP contribution >= 0.6 is 0 Å². The minimum atomic E-state index is -1.77. The predicted molar refractivity (Wildman–Crippen MR) is 203 cm³/mol. The first kappa shape index (κ1) is 44.9. The zero-order valence-electron chi connectivity index (χ0n) is 34.4. The second kappa shape index (κ2) is 17.4. The number of carbonyl (C=O) groups excluding carboxylic acids is 1. The third-order valence-corrected chi connectivity index (χ3v) is 15.8. The topological polar surface area (TPSA) is 273 Å². The molecular formula is C42H64O18. The molecule has 4 aliphatic carbocycles. The molecule has 8 rings (SSSR count). The highest BCUT2D eigenvalue weighted by Crippen LogP contribution is 2.67. The molecule has 4 aliphatic heterocycles. The lowest BCUT2D eigenvalue weighted by atomic mass is 9.51. The summed E-state index contributed by atoms with van der Waals surface area (Å²) in [5, 5.41) is 96.3. The fourth-order valence-corrected chi connectivity index (χ4v) is 12.3. The Morgan fingerprint density at radius 3 is 2.15 bits per heavy atom. The molecule has 0 spiro atoms. The fourth-order valence-electron chi connectivity index (χ4n) is 12.3. The van der Waals surface area contributed by atoms with Crippen molar-refractivity contribution in [1.82, 2.24) is 0 Å². The Bertz CT molecular complexity index is 1590. The summed E-state index contributed by atoms with van der Waals surface area (Å²) in [5.74, 6) is 0.494. The van der Waals surface area contributed by atoms with Crippen LogP contribution in [0.1, 0.15) is 65.2 Å². The average Bonchev–Trinajstić information content (AvgIpc) is 3.80. The molecule has 4 saturated carbocycles. The molecule has 60 heavy (non-hydrogen) atoms. The zero-order chi connectivity index (χ0) is 43.0. The van der Waals surface area contributed by atoms with Crippen molar-refractivity contribution < 1.29 is 88.6 Å². The van der Waals surface area contributed by atoms with E-state index in [9.17, 15) is 50.8 Å². The van der Waals surface area contributed by atoms with Gasteiger partial charge in [0.15, 0.2) is 18.9 Å². The minimum absolute atomic E-state index is 0.0264. The minimum Gasteiger partial charge on any atom is -0.458 e. The zero-order valence-corrected chi connectivity index (χ0v) is 34.4. The lowest BCUT2D eigenvalue weighted by molar-refractivity contribution is -0.367. The van der Waals surface area contributed by atoms with E-state index in [1.165, 1.54) is 7.11 Å². The molecule has 0 aromatic carbocycles. The molecule has 23 atom stereocenters. The van der Waals surface area contributed by atoms with Crippen LogP contribution in [-0.4, -0.2) is 183 Å². The van der Waals surface area contributed by atoms with Crippen molar-refractivity contribution in [3.8, 4) is 0 Å². The van der Waals surface area contributed by atoms with E-state index in [1.807, 2.05) is 0 Å². The number of esters is 1. The van der Waals surface area contributed by atoms with Gasteiger partial charge in [-0.15, -0.1) is 0 Å². The number of cyclic esters (lactones) is 1. The van der Waals surface area contributed by atoms with Crippen molar-refractivity contribution >= 4 is 5.97 Å². The van der Waals surface area contributed by atoms with Gasteiger partial charge in [0.25, 0.3) is 0 Å². The van der Waals surface area contributed by atoms with Crippen LogP contribution in [0.5, 0.6) is 0 Å². The number of hydrogen-bond acceptors (Lipinski definition) is 18. The van der Waals surface area contributed by atoms with Crippen LogP contribution in [0.4, 0.5) is 0 Å². The molecule has 9 N–H and O–H groups in total. The Morgan fingerprint density at radius 2 is 1.47 bits per heavy atom. The van der Waals surface area contributed by atoms with Crippen LogP contribution in [0.3, 0.4) is 0 Å². The Labute approximate surface area is 348 Å². The van der Waals surface area contributed by atoms with Gasteiger partial charge in [0, 0.05) is 25.0 Å². The van der Waals surface area contributed by atoms with Gasteiger partial charge in [0.05, 0.1) is 31.0 Å². The van der Waals surface area contributed by atoms with Crippen LogP contribution in [-0.2, 0) is 42.7 Å². The third-order valence-electron chi connectivity index (χ3n) is 15.8. The Morgan fingerprint density at radius 1 is 0.783 bits per heavy atom. The van der Waals surface area contributed by atoms with Crippen LogP contribution in [0, 0.1) is 35.0 Å². The maximum Gasteiger partial charge on any atom is 0.331 e. The summed E-state index contributed by atoms with van der Waals surface area (Å²) in [5.41, 5.74) is 1.14. The van der Waals surface area contributed by atoms with Gasteiger partial charge in [-0.05, 0) is 87.0 Å². The number of fused-ring (bicyclic) bond motifs is 5. The summed E-state index contributed by atoms with van der Waals surface area (Å²) in [6.45, 7) is 7.64. The highest BCUT2D eigenvalue weighted by atomic mass is 16.8. The van der Waals surface area contributed by atoms with Gasteiger partial charge in [-0.2, -0.15) is 0 Å². The lowest BCUT2D eigenvalue weighted by Gasteiger charge is -2.55. The molecule has 4 heterocycles. The number of rotatable bonds is 10. The molecule has 0 aromatic rings. The van der Waals surface area contributed by atoms with Crippen molar-refractivity contribution in [2.75, 3.05) is 26.9 Å². The molecule has 0 bridgehead atoms. The average molecular weight is 857 g/mol. The highest BCUT2D eigenvalue weighted by Gasteiger charge is 2.65. The summed E-state index contributed by atoms with van der Waals surface area (Å²) in [6, 6.07) is 0. The molecule has 18 heteroatoms. The number of ether oxygens (including phenoxy) is 8. The number of hydrogen-bond donors (Lipinski definition) is 9. The van der Waals surface area contributed by atoms with E-state index in [-0.39, 0.29) is 35.2 Å². The number of aliphatic hydroxyl groups excluding tert-OH is 8. The largest absolute Gasteiger partial charge is 0.458 e. The second-order valence-corrected chi connectivity index (χ2v) is 18.8. The Hall–Kier alpha value is -1.69. The maximum absolute atomic E-state index is 12.3. The van der Waals surface area contributed by atoms with Crippen molar-refractivity contribution in [3.05, 3.63) is 23.8 Å². The molecular weight excluding hydrogens is 792 g/mol. The van der Waals surface area contributed by atoms with Gasteiger partial charge in [-0.25, -0.2) is 4.79 Å². The molecule has 8 aliphatic rings. The number of methoxy groups -OCH3 is 1. The van der Waals surface area contributed by atoms with Crippen LogP contribution in [0.2, 0.25) is 0 Å². The van der Waals surface area contributed by atoms with Crippen LogP contribution in [0.15, 0.2) is 23.8 Å².